The maximum Gasteiger partial charge on any atom is 0.249 e. The number of thiophene rings is 1. The summed E-state index contributed by atoms with van der Waals surface area (Å²) in [5.41, 5.74) is 3.04. The van der Waals surface area contributed by atoms with Crippen molar-refractivity contribution >= 4 is 44.3 Å². The van der Waals surface area contributed by atoms with E-state index in [1.807, 2.05) is 24.3 Å². The van der Waals surface area contributed by atoms with Crippen molar-refractivity contribution in [1.29, 1.82) is 5.26 Å². The van der Waals surface area contributed by atoms with Crippen LogP contribution in [-0.2, 0) is 17.6 Å². The Morgan fingerprint density at radius 2 is 2.11 bits per heavy atom. The normalized spacial score (nSPS) is 16.6. The van der Waals surface area contributed by atoms with E-state index in [0.717, 1.165) is 41.3 Å². The van der Waals surface area contributed by atoms with E-state index in [1.54, 1.807) is 17.4 Å². The van der Waals surface area contributed by atoms with Gasteiger partial charge in [0.05, 0.1) is 5.56 Å². The van der Waals surface area contributed by atoms with Crippen molar-refractivity contribution in [2.75, 3.05) is 5.32 Å². The molecule has 0 radical (unpaired) electrons. The van der Waals surface area contributed by atoms with Gasteiger partial charge in [0, 0.05) is 15.4 Å². The van der Waals surface area contributed by atoms with Crippen molar-refractivity contribution in [2.45, 2.75) is 46.5 Å². The van der Waals surface area contributed by atoms with Crippen molar-refractivity contribution in [3.8, 4) is 6.07 Å². The predicted molar refractivity (Wildman–Crippen MR) is 120 cm³/mol. The molecule has 5 heteroatoms. The van der Waals surface area contributed by atoms with Crippen LogP contribution in [-0.4, -0.2) is 5.91 Å². The zero-order valence-corrected chi connectivity index (χ0v) is 18.9. The minimum atomic E-state index is -0.205. The zero-order chi connectivity index (χ0) is 20.3. The van der Waals surface area contributed by atoms with Crippen LogP contribution in [0.5, 0.6) is 0 Å². The Kier molecular flexibility index (Phi) is 6.42. The summed E-state index contributed by atoms with van der Waals surface area (Å²) in [6, 6.07) is 10.1. The molecule has 1 aliphatic rings. The topological polar surface area (TPSA) is 52.9 Å². The second-order valence-corrected chi connectivity index (χ2v) is 10.00. The number of hydrogen-bond donors (Lipinski definition) is 1. The second kappa shape index (κ2) is 8.63. The number of amides is 1. The van der Waals surface area contributed by atoms with Gasteiger partial charge < -0.3 is 5.32 Å². The van der Waals surface area contributed by atoms with Crippen LogP contribution in [0.15, 0.2) is 34.8 Å². The van der Waals surface area contributed by atoms with E-state index in [2.05, 4.69) is 48.1 Å². The van der Waals surface area contributed by atoms with E-state index in [0.29, 0.717) is 21.9 Å². The summed E-state index contributed by atoms with van der Waals surface area (Å²) in [6.07, 6.45) is 7.48. The van der Waals surface area contributed by atoms with E-state index in [-0.39, 0.29) is 5.91 Å². The molecule has 1 amide bonds. The number of nitrogens with one attached hydrogen (secondary N) is 1. The van der Waals surface area contributed by atoms with Gasteiger partial charge in [0.15, 0.2) is 0 Å². The van der Waals surface area contributed by atoms with Crippen LogP contribution in [0.1, 0.15) is 55.2 Å². The van der Waals surface area contributed by atoms with Gasteiger partial charge in [0.1, 0.15) is 11.1 Å². The van der Waals surface area contributed by atoms with Crippen LogP contribution in [0.25, 0.3) is 6.08 Å². The Morgan fingerprint density at radius 1 is 1.39 bits per heavy atom. The molecule has 0 saturated heterocycles. The van der Waals surface area contributed by atoms with Crippen LogP contribution in [0.2, 0.25) is 0 Å². The van der Waals surface area contributed by atoms with Gasteiger partial charge in [-0.3, -0.25) is 4.79 Å². The van der Waals surface area contributed by atoms with E-state index in [9.17, 15) is 10.1 Å². The number of carbonyl (C=O) groups excluding carboxylic acids is 1. The average Bonchev–Trinajstić information content (AvgIpc) is 3.03. The monoisotopic (exact) mass is 456 g/mol. The van der Waals surface area contributed by atoms with E-state index < -0.39 is 0 Å². The third kappa shape index (κ3) is 4.56. The van der Waals surface area contributed by atoms with Gasteiger partial charge >= 0.3 is 0 Å². The SMILES string of the molecule is CCC(C)(C)C1CCc2c(sc(NC(=O)C=Cc3ccc(Br)cc3)c2C#N)C1. The Balaban J connectivity index is 1.76. The van der Waals surface area contributed by atoms with Crippen LogP contribution in [0.3, 0.4) is 0 Å². The lowest BCUT2D eigenvalue weighted by atomic mass is 9.69. The van der Waals surface area contributed by atoms with Crippen molar-refractivity contribution in [2.24, 2.45) is 11.3 Å². The summed E-state index contributed by atoms with van der Waals surface area (Å²) in [5.74, 6) is 0.416. The molecule has 1 N–H and O–H groups in total. The third-order valence-electron chi connectivity index (χ3n) is 5.93. The second-order valence-electron chi connectivity index (χ2n) is 7.98. The Hall–Kier alpha value is -1.90. The summed E-state index contributed by atoms with van der Waals surface area (Å²) >= 11 is 4.98. The van der Waals surface area contributed by atoms with Gasteiger partial charge in [-0.1, -0.05) is 55.3 Å². The lowest BCUT2D eigenvalue weighted by molar-refractivity contribution is -0.111. The summed E-state index contributed by atoms with van der Waals surface area (Å²) < 4.78 is 1.00. The molecule has 0 spiro atoms. The molecule has 0 aliphatic heterocycles. The highest BCUT2D eigenvalue weighted by Crippen LogP contribution is 2.45. The minimum Gasteiger partial charge on any atom is -0.313 e. The molecule has 2 aromatic rings. The Labute approximate surface area is 179 Å². The standard InChI is InChI=1S/C23H25BrN2OS/c1-4-23(2,3)16-8-11-18-19(14-25)22(28-20(18)13-16)26-21(27)12-7-15-5-9-17(24)10-6-15/h5-7,9-10,12,16H,4,8,11,13H2,1-3H3,(H,26,27). The molecule has 1 unspecified atom stereocenters. The molecule has 1 aromatic carbocycles. The molecule has 1 heterocycles. The van der Waals surface area contributed by atoms with Gasteiger partial charge in [-0.05, 0) is 59.9 Å². The molecule has 0 saturated carbocycles. The van der Waals surface area contributed by atoms with Crippen molar-refractivity contribution in [1.82, 2.24) is 0 Å². The first-order chi connectivity index (χ1) is 13.3. The van der Waals surface area contributed by atoms with Gasteiger partial charge in [-0.15, -0.1) is 11.3 Å². The van der Waals surface area contributed by atoms with Gasteiger partial charge in [0.25, 0.3) is 0 Å². The van der Waals surface area contributed by atoms with Crippen LogP contribution < -0.4 is 5.32 Å². The van der Waals surface area contributed by atoms with Crippen LogP contribution in [0.4, 0.5) is 5.00 Å². The lowest BCUT2D eigenvalue weighted by Gasteiger charge is -2.36. The summed E-state index contributed by atoms with van der Waals surface area (Å²) in [6.45, 7) is 6.90. The van der Waals surface area contributed by atoms with Gasteiger partial charge in [-0.25, -0.2) is 0 Å². The van der Waals surface area contributed by atoms with Crippen molar-refractivity contribution in [3.63, 3.8) is 0 Å². The van der Waals surface area contributed by atoms with Crippen LogP contribution >= 0.6 is 27.3 Å². The Morgan fingerprint density at radius 3 is 2.75 bits per heavy atom. The first-order valence-corrected chi connectivity index (χ1v) is 11.2. The number of anilines is 1. The molecule has 0 fully saturated rings. The number of rotatable bonds is 5. The molecule has 3 rings (SSSR count). The minimum absolute atomic E-state index is 0.205. The number of halogens is 1. The summed E-state index contributed by atoms with van der Waals surface area (Å²) in [4.78, 5) is 13.7. The summed E-state index contributed by atoms with van der Waals surface area (Å²) in [7, 11) is 0. The molecular formula is C23H25BrN2OS. The number of nitriles is 1. The maximum atomic E-state index is 12.4. The van der Waals surface area contributed by atoms with Crippen molar-refractivity contribution in [3.05, 3.63) is 56.4 Å². The lowest BCUT2D eigenvalue weighted by Crippen LogP contribution is -2.28. The fourth-order valence-electron chi connectivity index (χ4n) is 3.65. The van der Waals surface area contributed by atoms with E-state index in [4.69, 9.17) is 0 Å². The number of hydrogen-bond acceptors (Lipinski definition) is 3. The smallest absolute Gasteiger partial charge is 0.249 e. The molecule has 1 aliphatic carbocycles. The fourth-order valence-corrected chi connectivity index (χ4v) is 5.19. The molecular weight excluding hydrogens is 432 g/mol. The third-order valence-corrected chi connectivity index (χ3v) is 7.63. The molecule has 3 nitrogen and oxygen atoms in total. The molecule has 28 heavy (non-hydrogen) atoms. The first kappa shape index (κ1) is 20.8. The predicted octanol–water partition coefficient (Wildman–Crippen LogP) is 6.58. The highest BCUT2D eigenvalue weighted by molar-refractivity contribution is 9.10. The van der Waals surface area contributed by atoms with Crippen molar-refractivity contribution < 1.29 is 4.79 Å². The number of fused-ring (bicyclic) bond motifs is 1. The maximum absolute atomic E-state index is 12.4. The highest BCUT2D eigenvalue weighted by Gasteiger charge is 2.33. The number of carbonyl (C=O) groups is 1. The first-order valence-electron chi connectivity index (χ1n) is 9.63. The fraction of sp³-hybridized carbons (Fsp3) is 0.391. The van der Waals surface area contributed by atoms with Gasteiger partial charge in [-0.2, -0.15) is 5.26 Å². The van der Waals surface area contributed by atoms with Crippen LogP contribution in [0, 0.1) is 22.7 Å². The van der Waals surface area contributed by atoms with E-state index in [1.165, 1.54) is 11.0 Å². The Bertz CT molecular complexity index is 935. The van der Waals surface area contributed by atoms with E-state index >= 15 is 0 Å². The quantitative estimate of drug-likeness (QED) is 0.516. The largest absolute Gasteiger partial charge is 0.313 e. The molecule has 146 valence electrons. The number of nitrogens with zero attached hydrogens (tertiary/aromatic N) is 1. The molecule has 1 atom stereocenters. The average molecular weight is 457 g/mol. The molecule has 0 bridgehead atoms. The number of benzene rings is 1. The van der Waals surface area contributed by atoms with Gasteiger partial charge in [0.2, 0.25) is 5.91 Å². The summed E-state index contributed by atoms with van der Waals surface area (Å²) in [5, 5.41) is 13.3. The highest BCUT2D eigenvalue weighted by atomic mass is 79.9. The zero-order valence-electron chi connectivity index (χ0n) is 16.5. The molecule has 1 aromatic heterocycles.